The van der Waals surface area contributed by atoms with Gasteiger partial charge in [0.2, 0.25) is 0 Å². The van der Waals surface area contributed by atoms with E-state index in [2.05, 4.69) is 20.3 Å². The van der Waals surface area contributed by atoms with Gasteiger partial charge in [-0.3, -0.25) is 14.2 Å². The molecular formula is C26H31ClF2N6O5. The second-order valence-electron chi connectivity index (χ2n) is 9.84. The number of aromatic nitrogens is 4. The molecule has 4 rings (SSSR count). The van der Waals surface area contributed by atoms with Gasteiger partial charge in [-0.2, -0.15) is 19.0 Å². The smallest absolute Gasteiger partial charge is 0.387 e. The predicted molar refractivity (Wildman–Crippen MR) is 142 cm³/mol. The maximum atomic E-state index is 14.0. The Morgan fingerprint density at radius 1 is 1.20 bits per heavy atom. The molecule has 216 valence electrons. The van der Waals surface area contributed by atoms with Crippen LogP contribution in [-0.4, -0.2) is 74.8 Å². The topological polar surface area (TPSA) is 124 Å². The summed E-state index contributed by atoms with van der Waals surface area (Å²) >= 11 is 5.97. The molecule has 2 N–H and O–H groups in total. The SMILES string of the molecule is COc1cnn([C@H](CN2CCC(C(=O)Nc3ccc(Cl)cc3OC(F)F)(n3nccc3C(C)C)CC2)C(=O)O)c1. The van der Waals surface area contributed by atoms with Crippen LogP contribution in [0, 0.1) is 0 Å². The van der Waals surface area contributed by atoms with Crippen LogP contribution < -0.4 is 14.8 Å². The molecule has 0 unspecified atom stereocenters. The highest BCUT2D eigenvalue weighted by molar-refractivity contribution is 6.30. The molecule has 3 heterocycles. The zero-order valence-electron chi connectivity index (χ0n) is 22.3. The first-order chi connectivity index (χ1) is 19.0. The van der Waals surface area contributed by atoms with E-state index in [1.165, 1.54) is 42.4 Å². The van der Waals surface area contributed by atoms with Crippen molar-refractivity contribution in [2.24, 2.45) is 0 Å². The van der Waals surface area contributed by atoms with Gasteiger partial charge in [-0.1, -0.05) is 25.4 Å². The number of carbonyl (C=O) groups is 2. The summed E-state index contributed by atoms with van der Waals surface area (Å²) in [5.41, 5.74) is -0.293. The second-order valence-corrected chi connectivity index (χ2v) is 10.3. The zero-order valence-corrected chi connectivity index (χ0v) is 23.0. The minimum atomic E-state index is -3.11. The van der Waals surface area contributed by atoms with E-state index in [0.717, 1.165) is 5.69 Å². The van der Waals surface area contributed by atoms with Gasteiger partial charge in [-0.15, -0.1) is 0 Å². The Kier molecular flexibility index (Phi) is 8.94. The van der Waals surface area contributed by atoms with Gasteiger partial charge in [0.05, 0.1) is 25.2 Å². The van der Waals surface area contributed by atoms with E-state index >= 15 is 0 Å². The zero-order chi connectivity index (χ0) is 29.0. The number of methoxy groups -OCH3 is 1. The lowest BCUT2D eigenvalue weighted by molar-refractivity contribution is -0.142. The number of alkyl halides is 2. The van der Waals surface area contributed by atoms with E-state index in [9.17, 15) is 23.5 Å². The first-order valence-electron chi connectivity index (χ1n) is 12.7. The molecule has 3 aromatic rings. The number of nitrogens with one attached hydrogen (secondary N) is 1. The summed E-state index contributed by atoms with van der Waals surface area (Å²) in [6.07, 6.45) is 5.15. The summed E-state index contributed by atoms with van der Waals surface area (Å²) in [5.74, 6) is -1.27. The molecule has 1 aliphatic heterocycles. The lowest BCUT2D eigenvalue weighted by atomic mass is 9.85. The van der Waals surface area contributed by atoms with Crippen LogP contribution in [0.2, 0.25) is 5.02 Å². The molecule has 2 aromatic heterocycles. The Morgan fingerprint density at radius 3 is 2.52 bits per heavy atom. The number of likely N-dealkylation sites (tertiary alicyclic amines) is 1. The molecule has 14 heteroatoms. The number of nitrogens with zero attached hydrogens (tertiary/aromatic N) is 5. The maximum absolute atomic E-state index is 14.0. The lowest BCUT2D eigenvalue weighted by Gasteiger charge is -2.42. The van der Waals surface area contributed by atoms with Crippen molar-refractivity contribution in [2.75, 3.05) is 32.1 Å². The van der Waals surface area contributed by atoms with E-state index in [1.807, 2.05) is 24.8 Å². The number of benzene rings is 1. The molecule has 0 bridgehead atoms. The van der Waals surface area contributed by atoms with Gasteiger partial charge in [0, 0.05) is 42.6 Å². The van der Waals surface area contributed by atoms with Crippen LogP contribution in [-0.2, 0) is 15.1 Å². The normalized spacial score (nSPS) is 16.2. The van der Waals surface area contributed by atoms with Crippen LogP contribution in [0.25, 0.3) is 0 Å². The summed E-state index contributed by atoms with van der Waals surface area (Å²) in [5, 5.41) is 21.4. The van der Waals surface area contributed by atoms with Crippen LogP contribution in [0.5, 0.6) is 11.5 Å². The molecule has 40 heavy (non-hydrogen) atoms. The van der Waals surface area contributed by atoms with Gasteiger partial charge in [0.1, 0.15) is 5.54 Å². The summed E-state index contributed by atoms with van der Waals surface area (Å²) in [6.45, 7) is 1.75. The van der Waals surface area contributed by atoms with E-state index in [-0.39, 0.29) is 41.8 Å². The molecule has 0 aliphatic carbocycles. The summed E-state index contributed by atoms with van der Waals surface area (Å²) in [6, 6.07) is 4.95. The summed E-state index contributed by atoms with van der Waals surface area (Å²) in [7, 11) is 1.47. The van der Waals surface area contributed by atoms with E-state index in [1.54, 1.807) is 10.9 Å². The molecule has 1 saturated heterocycles. The van der Waals surface area contributed by atoms with Crippen molar-refractivity contribution in [1.82, 2.24) is 24.5 Å². The number of rotatable bonds is 11. The number of anilines is 1. The average molecular weight is 581 g/mol. The Hall–Kier alpha value is -3.71. The molecule has 1 fully saturated rings. The number of hydrogen-bond acceptors (Lipinski definition) is 7. The fourth-order valence-electron chi connectivity index (χ4n) is 4.90. The number of hydrogen-bond donors (Lipinski definition) is 2. The molecule has 0 saturated carbocycles. The monoisotopic (exact) mass is 580 g/mol. The number of ether oxygens (including phenoxy) is 2. The van der Waals surface area contributed by atoms with Gasteiger partial charge in [0.25, 0.3) is 5.91 Å². The highest BCUT2D eigenvalue weighted by atomic mass is 35.5. The third-order valence-electron chi connectivity index (χ3n) is 7.03. The first-order valence-corrected chi connectivity index (χ1v) is 13.1. The van der Waals surface area contributed by atoms with Crippen molar-refractivity contribution in [3.05, 3.63) is 53.6 Å². The molecule has 1 atom stereocenters. The molecule has 1 aliphatic rings. The van der Waals surface area contributed by atoms with Crippen LogP contribution in [0.4, 0.5) is 14.5 Å². The number of carboxylic acids is 1. The predicted octanol–water partition coefficient (Wildman–Crippen LogP) is 4.22. The van der Waals surface area contributed by atoms with Gasteiger partial charge >= 0.3 is 12.6 Å². The van der Waals surface area contributed by atoms with E-state index < -0.39 is 30.1 Å². The standard InChI is InChI=1S/C26H31ClF2N6O5/c1-16(2)20-6-9-30-35(20)26(24(38)32-19-5-4-17(27)12-22(19)40-25(28)29)7-10-33(11-8-26)15-21(23(36)37)34-14-18(39-3)13-31-34/h4-6,9,12-14,16,21,25H,7-8,10-11,15H2,1-3H3,(H,32,38)(H,36,37)/t21-/m1/s1. The van der Waals surface area contributed by atoms with Crippen molar-refractivity contribution < 1.29 is 33.0 Å². The van der Waals surface area contributed by atoms with Crippen molar-refractivity contribution in [3.8, 4) is 11.5 Å². The van der Waals surface area contributed by atoms with Crippen LogP contribution >= 0.6 is 11.6 Å². The fraction of sp³-hybridized carbons (Fsp3) is 0.462. The molecule has 1 aromatic carbocycles. The molecule has 1 amide bonds. The van der Waals surface area contributed by atoms with Gasteiger partial charge in [-0.05, 0) is 37.0 Å². The first kappa shape index (κ1) is 29.3. The third kappa shape index (κ3) is 6.20. The number of carboxylic acid groups (broad SMARTS) is 1. The summed E-state index contributed by atoms with van der Waals surface area (Å²) in [4.78, 5) is 28.0. The quantitative estimate of drug-likeness (QED) is 0.345. The Bertz CT molecular complexity index is 1340. The second kappa shape index (κ2) is 12.2. The minimum Gasteiger partial charge on any atom is -0.493 e. The van der Waals surface area contributed by atoms with Crippen LogP contribution in [0.1, 0.15) is 44.3 Å². The Balaban J connectivity index is 1.60. The van der Waals surface area contributed by atoms with Gasteiger partial charge in [-0.25, -0.2) is 4.79 Å². The molecular weight excluding hydrogens is 550 g/mol. The molecule has 0 radical (unpaired) electrons. The van der Waals surface area contributed by atoms with Crippen LogP contribution in [0.3, 0.4) is 0 Å². The van der Waals surface area contributed by atoms with Crippen molar-refractivity contribution in [3.63, 3.8) is 0 Å². The highest BCUT2D eigenvalue weighted by Gasteiger charge is 2.46. The van der Waals surface area contributed by atoms with Crippen LogP contribution in [0.15, 0.2) is 42.9 Å². The lowest BCUT2D eigenvalue weighted by Crippen LogP contribution is -2.55. The van der Waals surface area contributed by atoms with Crippen molar-refractivity contribution in [2.45, 2.75) is 50.8 Å². The number of aliphatic carboxylic acids is 1. The molecule has 0 spiro atoms. The van der Waals surface area contributed by atoms with Gasteiger partial charge in [0.15, 0.2) is 17.5 Å². The van der Waals surface area contributed by atoms with E-state index in [0.29, 0.717) is 18.8 Å². The Morgan fingerprint density at radius 2 is 1.93 bits per heavy atom. The number of carbonyl (C=O) groups excluding carboxylic acids is 1. The Labute approximate surface area is 234 Å². The number of halogens is 3. The maximum Gasteiger partial charge on any atom is 0.387 e. The third-order valence-corrected chi connectivity index (χ3v) is 7.27. The average Bonchev–Trinajstić information content (AvgIpc) is 3.59. The highest BCUT2D eigenvalue weighted by Crippen LogP contribution is 2.37. The molecule has 11 nitrogen and oxygen atoms in total. The summed E-state index contributed by atoms with van der Waals surface area (Å²) < 4.78 is 38.9. The number of amides is 1. The fourth-order valence-corrected chi connectivity index (χ4v) is 5.06. The van der Waals surface area contributed by atoms with Gasteiger partial charge < -0.3 is 24.8 Å². The number of piperidine rings is 1. The van der Waals surface area contributed by atoms with E-state index in [4.69, 9.17) is 16.3 Å². The van der Waals surface area contributed by atoms with Crippen molar-refractivity contribution in [1.29, 1.82) is 0 Å². The van der Waals surface area contributed by atoms with Crippen molar-refractivity contribution >= 4 is 29.2 Å². The largest absolute Gasteiger partial charge is 0.493 e. The minimum absolute atomic E-state index is 0.0460.